The minimum absolute atomic E-state index is 0.609. The van der Waals surface area contributed by atoms with Crippen molar-refractivity contribution in [2.75, 3.05) is 0 Å². The Morgan fingerprint density at radius 3 is 2.58 bits per heavy atom. The molecule has 2 aromatic carbocycles. The third-order valence-corrected chi connectivity index (χ3v) is 3.57. The van der Waals surface area contributed by atoms with E-state index in [2.05, 4.69) is 4.98 Å². The van der Waals surface area contributed by atoms with Gasteiger partial charge in [0.15, 0.2) is 0 Å². The molecule has 2 nitrogen and oxygen atoms in total. The van der Waals surface area contributed by atoms with Crippen LogP contribution < -0.4 is 0 Å². The molecule has 19 heavy (non-hydrogen) atoms. The van der Waals surface area contributed by atoms with Crippen LogP contribution in [0, 0.1) is 0 Å². The highest BCUT2D eigenvalue weighted by Crippen LogP contribution is 2.31. The molecule has 2 N–H and O–H groups in total. The molecule has 96 valence electrons. The van der Waals surface area contributed by atoms with E-state index in [1.807, 2.05) is 67.7 Å². The minimum atomic E-state index is -0.872. The fourth-order valence-corrected chi connectivity index (χ4v) is 2.64. The largest absolute Gasteiger partial charge is 0.385 e. The van der Waals surface area contributed by atoms with E-state index < -0.39 is 5.60 Å². The molecule has 0 aliphatic heterocycles. The zero-order valence-corrected chi connectivity index (χ0v) is 10.9. The van der Waals surface area contributed by atoms with Gasteiger partial charge in [-0.3, -0.25) is 0 Å². The van der Waals surface area contributed by atoms with Crippen molar-refractivity contribution in [3.05, 3.63) is 71.9 Å². The number of rotatable bonds is 3. The minimum Gasteiger partial charge on any atom is -0.385 e. The number of benzene rings is 2. The lowest BCUT2D eigenvalue weighted by Gasteiger charge is -2.25. The molecule has 1 atom stereocenters. The topological polar surface area (TPSA) is 36.0 Å². The fourth-order valence-electron chi connectivity index (χ4n) is 2.64. The van der Waals surface area contributed by atoms with Crippen LogP contribution in [0.15, 0.2) is 60.8 Å². The van der Waals surface area contributed by atoms with E-state index in [-0.39, 0.29) is 0 Å². The van der Waals surface area contributed by atoms with Crippen LogP contribution in [-0.4, -0.2) is 10.1 Å². The van der Waals surface area contributed by atoms with Crippen molar-refractivity contribution < 1.29 is 5.11 Å². The first kappa shape index (κ1) is 12.0. The number of aliphatic hydroxyl groups is 1. The molecule has 3 aromatic rings. The van der Waals surface area contributed by atoms with Gasteiger partial charge in [-0.1, -0.05) is 42.5 Å². The zero-order valence-electron chi connectivity index (χ0n) is 10.9. The molecule has 0 amide bonds. The summed E-state index contributed by atoms with van der Waals surface area (Å²) in [6, 6.07) is 18.1. The molecule has 1 unspecified atom stereocenters. The number of H-pyrrole nitrogens is 1. The van der Waals surface area contributed by atoms with Gasteiger partial charge in [0.25, 0.3) is 0 Å². The second-order valence-corrected chi connectivity index (χ2v) is 5.18. The molecule has 2 heteroatoms. The van der Waals surface area contributed by atoms with Crippen LogP contribution in [0.5, 0.6) is 0 Å². The molecule has 0 fully saturated rings. The predicted molar refractivity (Wildman–Crippen MR) is 78.0 cm³/mol. The molecule has 0 saturated heterocycles. The lowest BCUT2D eigenvalue weighted by Crippen LogP contribution is -2.24. The van der Waals surface area contributed by atoms with Gasteiger partial charge in [-0.2, -0.15) is 0 Å². The Kier molecular flexibility index (Phi) is 2.88. The maximum atomic E-state index is 10.8. The summed E-state index contributed by atoms with van der Waals surface area (Å²) in [6.07, 6.45) is 2.52. The molecule has 1 heterocycles. The van der Waals surface area contributed by atoms with Gasteiger partial charge in [0, 0.05) is 23.5 Å². The van der Waals surface area contributed by atoms with E-state index in [0.717, 1.165) is 22.0 Å². The summed E-state index contributed by atoms with van der Waals surface area (Å²) < 4.78 is 0. The standard InChI is InChI=1S/C17H17NO/c1-17(19,12-13-6-3-2-4-7-13)15-8-5-9-16-14(15)10-11-18-16/h2-11,18-19H,12H2,1H3. The van der Waals surface area contributed by atoms with Crippen molar-refractivity contribution in [2.24, 2.45) is 0 Å². The van der Waals surface area contributed by atoms with Crippen molar-refractivity contribution in [1.82, 2.24) is 4.98 Å². The molecule has 0 bridgehead atoms. The molecule has 1 aromatic heterocycles. The highest BCUT2D eigenvalue weighted by atomic mass is 16.3. The van der Waals surface area contributed by atoms with Gasteiger partial charge in [0.2, 0.25) is 0 Å². The summed E-state index contributed by atoms with van der Waals surface area (Å²) >= 11 is 0. The molecule has 0 spiro atoms. The SMILES string of the molecule is CC(O)(Cc1ccccc1)c1cccc2[nH]ccc12. The van der Waals surface area contributed by atoms with Crippen LogP contribution in [0.3, 0.4) is 0 Å². The molecular formula is C17H17NO. The normalized spacial score (nSPS) is 14.4. The average molecular weight is 251 g/mol. The Morgan fingerprint density at radius 1 is 1.00 bits per heavy atom. The van der Waals surface area contributed by atoms with Crippen LogP contribution in [-0.2, 0) is 12.0 Å². The lowest BCUT2D eigenvalue weighted by atomic mass is 9.87. The van der Waals surface area contributed by atoms with Gasteiger partial charge in [0.05, 0.1) is 5.60 Å². The maximum absolute atomic E-state index is 10.8. The first-order valence-electron chi connectivity index (χ1n) is 6.50. The zero-order chi connectivity index (χ0) is 13.3. The fraction of sp³-hybridized carbons (Fsp3) is 0.176. The van der Waals surface area contributed by atoms with Gasteiger partial charge in [-0.05, 0) is 30.2 Å². The molecule has 0 aliphatic carbocycles. The van der Waals surface area contributed by atoms with Gasteiger partial charge in [0.1, 0.15) is 0 Å². The van der Waals surface area contributed by atoms with Crippen molar-refractivity contribution in [1.29, 1.82) is 0 Å². The van der Waals surface area contributed by atoms with E-state index in [4.69, 9.17) is 0 Å². The van der Waals surface area contributed by atoms with Crippen LogP contribution in [0.1, 0.15) is 18.1 Å². The Bertz CT molecular complexity index is 683. The first-order valence-corrected chi connectivity index (χ1v) is 6.50. The third kappa shape index (κ3) is 2.27. The van der Waals surface area contributed by atoms with E-state index in [9.17, 15) is 5.11 Å². The molecular weight excluding hydrogens is 234 g/mol. The van der Waals surface area contributed by atoms with Crippen molar-refractivity contribution in [3.8, 4) is 0 Å². The molecule has 0 radical (unpaired) electrons. The maximum Gasteiger partial charge on any atom is 0.0915 e. The first-order chi connectivity index (χ1) is 9.17. The van der Waals surface area contributed by atoms with Gasteiger partial charge >= 0.3 is 0 Å². The number of hydrogen-bond donors (Lipinski definition) is 2. The molecule has 3 rings (SSSR count). The van der Waals surface area contributed by atoms with Crippen LogP contribution in [0.25, 0.3) is 10.9 Å². The highest BCUT2D eigenvalue weighted by molar-refractivity contribution is 5.83. The summed E-state index contributed by atoms with van der Waals surface area (Å²) in [5.41, 5.74) is 2.30. The molecule has 0 saturated carbocycles. The van der Waals surface area contributed by atoms with Crippen molar-refractivity contribution in [3.63, 3.8) is 0 Å². The summed E-state index contributed by atoms with van der Waals surface area (Å²) in [5.74, 6) is 0. The van der Waals surface area contributed by atoms with Crippen molar-refractivity contribution in [2.45, 2.75) is 18.9 Å². The van der Waals surface area contributed by atoms with E-state index >= 15 is 0 Å². The monoisotopic (exact) mass is 251 g/mol. The summed E-state index contributed by atoms with van der Waals surface area (Å²) in [4.78, 5) is 3.18. The summed E-state index contributed by atoms with van der Waals surface area (Å²) in [7, 11) is 0. The summed E-state index contributed by atoms with van der Waals surface area (Å²) in [5, 5.41) is 11.9. The van der Waals surface area contributed by atoms with Crippen LogP contribution in [0.4, 0.5) is 0 Å². The average Bonchev–Trinajstić information content (AvgIpc) is 2.87. The molecule has 0 aliphatic rings. The Balaban J connectivity index is 2.02. The number of aromatic amines is 1. The summed E-state index contributed by atoms with van der Waals surface area (Å²) in [6.45, 7) is 1.88. The smallest absolute Gasteiger partial charge is 0.0915 e. The highest BCUT2D eigenvalue weighted by Gasteiger charge is 2.25. The Labute approximate surface area is 112 Å². The van der Waals surface area contributed by atoms with E-state index in [1.54, 1.807) is 0 Å². The van der Waals surface area contributed by atoms with Gasteiger partial charge in [-0.25, -0.2) is 0 Å². The number of fused-ring (bicyclic) bond motifs is 1. The second kappa shape index (κ2) is 4.56. The predicted octanol–water partition coefficient (Wildman–Crippen LogP) is 3.62. The van der Waals surface area contributed by atoms with Crippen LogP contribution >= 0.6 is 0 Å². The van der Waals surface area contributed by atoms with E-state index in [0.29, 0.717) is 6.42 Å². The lowest BCUT2D eigenvalue weighted by molar-refractivity contribution is 0.0592. The number of hydrogen-bond acceptors (Lipinski definition) is 1. The van der Waals surface area contributed by atoms with E-state index in [1.165, 1.54) is 0 Å². The van der Waals surface area contributed by atoms with Crippen LogP contribution in [0.2, 0.25) is 0 Å². The number of nitrogens with one attached hydrogen (secondary N) is 1. The van der Waals surface area contributed by atoms with Gasteiger partial charge < -0.3 is 10.1 Å². The third-order valence-electron chi connectivity index (χ3n) is 3.57. The Hall–Kier alpha value is -2.06. The van der Waals surface area contributed by atoms with Gasteiger partial charge in [-0.15, -0.1) is 0 Å². The van der Waals surface area contributed by atoms with Crippen molar-refractivity contribution >= 4 is 10.9 Å². The number of aromatic nitrogens is 1. The quantitative estimate of drug-likeness (QED) is 0.732. The Morgan fingerprint density at radius 2 is 1.79 bits per heavy atom. The second-order valence-electron chi connectivity index (χ2n) is 5.18.